The van der Waals surface area contributed by atoms with Crippen LogP contribution < -0.4 is 0 Å². The maximum absolute atomic E-state index is 12.5. The quantitative estimate of drug-likeness (QED) is 0.384. The Kier molecular flexibility index (Phi) is 6.20. The molecule has 0 aliphatic carbocycles. The lowest BCUT2D eigenvalue weighted by atomic mass is 9.76. The van der Waals surface area contributed by atoms with Crippen LogP contribution in [0, 0.1) is 10.8 Å². The van der Waals surface area contributed by atoms with E-state index in [9.17, 15) is 9.59 Å². The zero-order chi connectivity index (χ0) is 18.6. The summed E-state index contributed by atoms with van der Waals surface area (Å²) in [6.45, 7) is 14.8. The maximum atomic E-state index is 12.5. The van der Waals surface area contributed by atoms with E-state index >= 15 is 0 Å². The monoisotopic (exact) mass is 334 g/mol. The standard InChI is InChI=1S/C20H30O4/c1-8-9-10-12-18(4,5)13-11-14-20(15(2)3)16(21)23-19(6,7)24-17(20)22/h8-9,11,13H,2,10,12,14H2,1,3-7H3/b9-8+,13-11-. The summed E-state index contributed by atoms with van der Waals surface area (Å²) >= 11 is 0. The van der Waals surface area contributed by atoms with Crippen LogP contribution in [0.15, 0.2) is 36.5 Å². The number of rotatable bonds is 7. The number of ether oxygens (including phenoxy) is 2. The summed E-state index contributed by atoms with van der Waals surface area (Å²) in [5.74, 6) is -2.41. The van der Waals surface area contributed by atoms with Crippen molar-refractivity contribution in [1.82, 2.24) is 0 Å². The summed E-state index contributed by atoms with van der Waals surface area (Å²) < 4.78 is 10.6. The third-order valence-electron chi connectivity index (χ3n) is 4.29. The Hall–Kier alpha value is -1.84. The first-order valence-corrected chi connectivity index (χ1v) is 8.38. The average molecular weight is 334 g/mol. The molecule has 0 spiro atoms. The highest BCUT2D eigenvalue weighted by molar-refractivity contribution is 6.05. The molecular formula is C20H30O4. The molecule has 1 saturated heterocycles. The molecule has 0 atom stereocenters. The molecule has 0 amide bonds. The number of carbonyl (C=O) groups excluding carboxylic acids is 2. The van der Waals surface area contributed by atoms with Gasteiger partial charge in [0.15, 0.2) is 5.41 Å². The summed E-state index contributed by atoms with van der Waals surface area (Å²) in [4.78, 5) is 25.0. The number of hydrogen-bond acceptors (Lipinski definition) is 4. The molecule has 0 saturated carbocycles. The summed E-state index contributed by atoms with van der Waals surface area (Å²) in [6, 6.07) is 0. The second kappa shape index (κ2) is 7.37. The van der Waals surface area contributed by atoms with Gasteiger partial charge >= 0.3 is 11.9 Å². The summed E-state index contributed by atoms with van der Waals surface area (Å²) in [5.41, 5.74) is -1.05. The van der Waals surface area contributed by atoms with E-state index in [0.29, 0.717) is 5.57 Å². The molecule has 0 aromatic heterocycles. The van der Waals surface area contributed by atoms with Crippen molar-refractivity contribution in [2.45, 2.75) is 66.6 Å². The molecule has 0 unspecified atom stereocenters. The van der Waals surface area contributed by atoms with Crippen LogP contribution in [0.2, 0.25) is 0 Å². The van der Waals surface area contributed by atoms with Crippen molar-refractivity contribution < 1.29 is 19.1 Å². The van der Waals surface area contributed by atoms with Crippen molar-refractivity contribution in [2.75, 3.05) is 0 Å². The van der Waals surface area contributed by atoms with Gasteiger partial charge in [0.2, 0.25) is 0 Å². The van der Waals surface area contributed by atoms with Gasteiger partial charge < -0.3 is 9.47 Å². The Morgan fingerprint density at radius 2 is 1.71 bits per heavy atom. The van der Waals surface area contributed by atoms with Crippen molar-refractivity contribution in [2.24, 2.45) is 10.8 Å². The Morgan fingerprint density at radius 3 is 2.17 bits per heavy atom. The van der Waals surface area contributed by atoms with Gasteiger partial charge in [-0.05, 0) is 38.5 Å². The van der Waals surface area contributed by atoms with E-state index in [4.69, 9.17) is 9.47 Å². The molecule has 0 radical (unpaired) electrons. The molecule has 4 heteroatoms. The molecule has 0 aromatic rings. The number of hydrogen-bond donors (Lipinski definition) is 0. The van der Waals surface area contributed by atoms with E-state index in [1.807, 2.05) is 25.2 Å². The van der Waals surface area contributed by atoms with E-state index in [0.717, 1.165) is 12.8 Å². The molecular weight excluding hydrogens is 304 g/mol. The fraction of sp³-hybridized carbons (Fsp3) is 0.600. The van der Waals surface area contributed by atoms with E-state index in [1.165, 1.54) is 0 Å². The van der Waals surface area contributed by atoms with Crippen molar-refractivity contribution in [3.63, 3.8) is 0 Å². The predicted molar refractivity (Wildman–Crippen MR) is 95.1 cm³/mol. The molecule has 1 rings (SSSR count). The Morgan fingerprint density at radius 1 is 1.17 bits per heavy atom. The van der Waals surface area contributed by atoms with Crippen LogP contribution in [-0.2, 0) is 19.1 Å². The van der Waals surface area contributed by atoms with Crippen LogP contribution in [0.25, 0.3) is 0 Å². The second-order valence-electron chi connectivity index (χ2n) is 7.57. The van der Waals surface area contributed by atoms with E-state index in [-0.39, 0.29) is 11.8 Å². The third-order valence-corrected chi connectivity index (χ3v) is 4.29. The van der Waals surface area contributed by atoms with Gasteiger partial charge in [0.25, 0.3) is 5.79 Å². The van der Waals surface area contributed by atoms with Crippen molar-refractivity contribution in [1.29, 1.82) is 0 Å². The van der Waals surface area contributed by atoms with Gasteiger partial charge in [-0.2, -0.15) is 0 Å². The zero-order valence-electron chi connectivity index (χ0n) is 15.8. The lowest BCUT2D eigenvalue weighted by molar-refractivity contribution is -0.247. The van der Waals surface area contributed by atoms with Crippen LogP contribution in [-0.4, -0.2) is 17.7 Å². The number of allylic oxidation sites excluding steroid dienone is 4. The lowest BCUT2D eigenvalue weighted by Gasteiger charge is -2.40. The number of carbonyl (C=O) groups is 2. The number of cyclic esters (lactones) is 2. The average Bonchev–Trinajstić information content (AvgIpc) is 2.40. The van der Waals surface area contributed by atoms with Gasteiger partial charge in [-0.3, -0.25) is 9.59 Å². The molecule has 1 aliphatic heterocycles. The summed E-state index contributed by atoms with van der Waals surface area (Å²) in [7, 11) is 0. The van der Waals surface area contributed by atoms with Crippen LogP contribution in [0.4, 0.5) is 0 Å². The van der Waals surface area contributed by atoms with Crippen LogP contribution in [0.5, 0.6) is 0 Å². The highest BCUT2D eigenvalue weighted by Gasteiger charge is 2.56. The minimum Gasteiger partial charge on any atom is -0.422 e. The third kappa shape index (κ3) is 4.59. The van der Waals surface area contributed by atoms with Crippen molar-refractivity contribution in [3.8, 4) is 0 Å². The van der Waals surface area contributed by atoms with Crippen LogP contribution in [0.1, 0.15) is 60.8 Å². The molecule has 0 aromatic carbocycles. The molecule has 24 heavy (non-hydrogen) atoms. The smallest absolute Gasteiger partial charge is 0.331 e. The van der Waals surface area contributed by atoms with Gasteiger partial charge in [0, 0.05) is 13.8 Å². The SMILES string of the molecule is C=C(C)C1(C/C=C\C(C)(C)CC/C=C/C)C(=O)OC(C)(C)OC1=O. The molecule has 1 fully saturated rings. The van der Waals surface area contributed by atoms with Crippen molar-refractivity contribution in [3.05, 3.63) is 36.5 Å². The van der Waals surface area contributed by atoms with E-state index < -0.39 is 23.1 Å². The Balaban J connectivity index is 2.95. The van der Waals surface area contributed by atoms with Crippen LogP contribution in [0.3, 0.4) is 0 Å². The van der Waals surface area contributed by atoms with Gasteiger partial charge in [-0.1, -0.05) is 50.3 Å². The molecule has 0 bridgehead atoms. The second-order valence-corrected chi connectivity index (χ2v) is 7.57. The zero-order valence-corrected chi connectivity index (χ0v) is 15.8. The van der Waals surface area contributed by atoms with E-state index in [1.54, 1.807) is 20.8 Å². The topological polar surface area (TPSA) is 52.6 Å². The van der Waals surface area contributed by atoms with Crippen molar-refractivity contribution >= 4 is 11.9 Å². The van der Waals surface area contributed by atoms with Crippen LogP contribution >= 0.6 is 0 Å². The predicted octanol–water partition coefficient (Wildman–Crippen LogP) is 4.71. The fourth-order valence-corrected chi connectivity index (χ4v) is 2.67. The number of esters is 2. The Bertz CT molecular complexity index is 544. The van der Waals surface area contributed by atoms with Gasteiger partial charge in [0.05, 0.1) is 0 Å². The molecule has 4 nitrogen and oxygen atoms in total. The largest absolute Gasteiger partial charge is 0.422 e. The maximum Gasteiger partial charge on any atom is 0.331 e. The fourth-order valence-electron chi connectivity index (χ4n) is 2.67. The van der Waals surface area contributed by atoms with Gasteiger partial charge in [0.1, 0.15) is 0 Å². The molecule has 0 N–H and O–H groups in total. The summed E-state index contributed by atoms with van der Waals surface area (Å²) in [6.07, 6.45) is 10.2. The first kappa shape index (κ1) is 20.2. The lowest BCUT2D eigenvalue weighted by Crippen LogP contribution is -2.54. The molecule has 134 valence electrons. The van der Waals surface area contributed by atoms with Gasteiger partial charge in [-0.25, -0.2) is 0 Å². The molecule has 1 aliphatic rings. The van der Waals surface area contributed by atoms with Gasteiger partial charge in [-0.15, -0.1) is 0 Å². The Labute approximate surface area is 145 Å². The normalized spacial score (nSPS) is 20.2. The first-order valence-electron chi connectivity index (χ1n) is 8.38. The van der Waals surface area contributed by atoms with E-state index in [2.05, 4.69) is 26.5 Å². The minimum atomic E-state index is -1.45. The highest BCUT2D eigenvalue weighted by Crippen LogP contribution is 2.41. The highest BCUT2D eigenvalue weighted by atomic mass is 16.7. The molecule has 1 heterocycles. The minimum absolute atomic E-state index is 0.0302. The first-order chi connectivity index (χ1) is 11.0. The summed E-state index contributed by atoms with van der Waals surface area (Å²) in [5, 5.41) is 0.